The number of pyridine rings is 1. The van der Waals surface area contributed by atoms with Gasteiger partial charge in [0.1, 0.15) is 11.7 Å². The second-order valence-corrected chi connectivity index (χ2v) is 4.95. The van der Waals surface area contributed by atoms with Gasteiger partial charge < -0.3 is 21.7 Å². The fourth-order valence-corrected chi connectivity index (χ4v) is 2.17. The molecule has 1 aliphatic heterocycles. The molecule has 0 bridgehead atoms. The van der Waals surface area contributed by atoms with Crippen molar-refractivity contribution in [1.29, 1.82) is 0 Å². The second-order valence-electron chi connectivity index (χ2n) is 4.95. The zero-order valence-corrected chi connectivity index (χ0v) is 12.1. The molecule has 0 amide bonds. The topological polar surface area (TPSA) is 92.6 Å². The van der Waals surface area contributed by atoms with Gasteiger partial charge in [-0.3, -0.25) is 4.98 Å². The minimum atomic E-state index is 0.191. The summed E-state index contributed by atoms with van der Waals surface area (Å²) in [5, 5.41) is 3.15. The Bertz CT molecular complexity index is 522. The smallest absolute Gasteiger partial charge is 0.132 e. The van der Waals surface area contributed by atoms with Crippen LogP contribution in [0.4, 0.5) is 0 Å². The first kappa shape index (κ1) is 15.1. The van der Waals surface area contributed by atoms with Crippen LogP contribution in [0.1, 0.15) is 12.1 Å². The van der Waals surface area contributed by atoms with E-state index < -0.39 is 0 Å². The number of hydrogen-bond donors (Lipinski definition) is 3. The van der Waals surface area contributed by atoms with Crippen LogP contribution >= 0.6 is 0 Å². The lowest BCUT2D eigenvalue weighted by atomic mass is 10.3. The number of amidine groups is 1. The highest BCUT2D eigenvalue weighted by Gasteiger charge is 2.20. The molecule has 2 heterocycles. The van der Waals surface area contributed by atoms with Crippen molar-refractivity contribution in [3.63, 3.8) is 0 Å². The van der Waals surface area contributed by atoms with Crippen molar-refractivity contribution < 1.29 is 0 Å². The molecule has 5 N–H and O–H groups in total. The van der Waals surface area contributed by atoms with Crippen molar-refractivity contribution in [2.24, 2.45) is 16.5 Å². The van der Waals surface area contributed by atoms with Gasteiger partial charge in [-0.2, -0.15) is 0 Å². The third-order valence-corrected chi connectivity index (χ3v) is 3.24. The summed E-state index contributed by atoms with van der Waals surface area (Å²) in [7, 11) is 0. The Labute approximate surface area is 125 Å². The van der Waals surface area contributed by atoms with E-state index in [0.29, 0.717) is 12.4 Å². The lowest BCUT2D eigenvalue weighted by Crippen LogP contribution is -2.31. The van der Waals surface area contributed by atoms with Gasteiger partial charge in [0.15, 0.2) is 0 Å². The Morgan fingerprint density at radius 2 is 2.43 bits per heavy atom. The predicted molar refractivity (Wildman–Crippen MR) is 85.1 cm³/mol. The summed E-state index contributed by atoms with van der Waals surface area (Å²) in [6.45, 7) is 6.18. The quantitative estimate of drug-likeness (QED) is 0.543. The molecule has 6 nitrogen and oxygen atoms in total. The standard InChI is InChI=1S/C15H22N6/c1-12(19-10-14-4-2-3-8-18-14)20-15(5-7-16)21-9-6-13(17)11-21/h2-5,7-8,13,19H,1,6,9-11,16-17H2/b7-5-,20-15?/t13-/m0/s1. The first-order valence-electron chi connectivity index (χ1n) is 6.99. The van der Waals surface area contributed by atoms with E-state index in [-0.39, 0.29) is 6.04 Å². The molecule has 21 heavy (non-hydrogen) atoms. The molecule has 1 aromatic rings. The molecular weight excluding hydrogens is 264 g/mol. The van der Waals surface area contributed by atoms with Crippen molar-refractivity contribution >= 4 is 5.84 Å². The van der Waals surface area contributed by atoms with Crippen LogP contribution in [-0.4, -0.2) is 34.9 Å². The second kappa shape index (κ2) is 7.44. The van der Waals surface area contributed by atoms with E-state index in [2.05, 4.69) is 26.8 Å². The molecule has 1 saturated heterocycles. The van der Waals surface area contributed by atoms with Gasteiger partial charge in [-0.05, 0) is 30.8 Å². The molecule has 1 aromatic heterocycles. The minimum Gasteiger partial charge on any atom is -0.404 e. The van der Waals surface area contributed by atoms with Gasteiger partial charge in [0, 0.05) is 25.3 Å². The number of nitrogens with zero attached hydrogens (tertiary/aromatic N) is 3. The molecule has 112 valence electrons. The van der Waals surface area contributed by atoms with Gasteiger partial charge in [-0.1, -0.05) is 12.6 Å². The molecule has 1 aliphatic rings. The average Bonchev–Trinajstić information content (AvgIpc) is 2.92. The van der Waals surface area contributed by atoms with Gasteiger partial charge in [-0.15, -0.1) is 0 Å². The van der Waals surface area contributed by atoms with Crippen LogP contribution in [0.15, 0.2) is 54.1 Å². The van der Waals surface area contributed by atoms with Crippen molar-refractivity contribution in [1.82, 2.24) is 15.2 Å². The maximum absolute atomic E-state index is 5.93. The maximum atomic E-state index is 5.93. The number of nitrogens with two attached hydrogens (primary N) is 2. The maximum Gasteiger partial charge on any atom is 0.132 e. The minimum absolute atomic E-state index is 0.191. The zero-order valence-electron chi connectivity index (χ0n) is 12.1. The summed E-state index contributed by atoms with van der Waals surface area (Å²) >= 11 is 0. The summed E-state index contributed by atoms with van der Waals surface area (Å²) < 4.78 is 0. The van der Waals surface area contributed by atoms with E-state index in [1.54, 1.807) is 12.3 Å². The molecule has 0 aliphatic carbocycles. The molecule has 2 rings (SSSR count). The normalized spacial score (nSPS) is 19.2. The fraction of sp³-hybridized carbons (Fsp3) is 0.333. The fourth-order valence-electron chi connectivity index (χ4n) is 2.17. The van der Waals surface area contributed by atoms with Crippen molar-refractivity contribution in [2.45, 2.75) is 19.0 Å². The first-order valence-corrected chi connectivity index (χ1v) is 6.99. The zero-order chi connectivity index (χ0) is 15.1. The molecular formula is C15H22N6. The summed E-state index contributed by atoms with van der Waals surface area (Å²) in [6, 6.07) is 5.97. The lowest BCUT2D eigenvalue weighted by Gasteiger charge is -2.18. The van der Waals surface area contributed by atoms with Crippen LogP contribution in [0, 0.1) is 0 Å². The van der Waals surface area contributed by atoms with Crippen molar-refractivity contribution in [3.05, 3.63) is 54.8 Å². The Hall–Kier alpha value is -2.34. The van der Waals surface area contributed by atoms with E-state index in [1.807, 2.05) is 18.2 Å². The number of rotatable bonds is 5. The third kappa shape index (κ3) is 4.61. The summed E-state index contributed by atoms with van der Waals surface area (Å²) in [5.41, 5.74) is 12.4. The Morgan fingerprint density at radius 3 is 3.05 bits per heavy atom. The highest BCUT2D eigenvalue weighted by atomic mass is 15.2. The van der Waals surface area contributed by atoms with E-state index in [0.717, 1.165) is 31.0 Å². The SMILES string of the molecule is C=C(N=C(/C=C\N)N1CC[C@H](N)C1)NCc1ccccn1. The van der Waals surface area contributed by atoms with E-state index in [9.17, 15) is 0 Å². The summed E-state index contributed by atoms with van der Waals surface area (Å²) in [4.78, 5) is 10.8. The molecule has 1 fully saturated rings. The summed E-state index contributed by atoms with van der Waals surface area (Å²) in [5.74, 6) is 1.36. The Kier molecular flexibility index (Phi) is 5.34. The third-order valence-electron chi connectivity index (χ3n) is 3.24. The number of aliphatic imine (C=N–C) groups is 1. The number of hydrogen-bond acceptors (Lipinski definition) is 5. The van der Waals surface area contributed by atoms with Crippen LogP contribution in [0.3, 0.4) is 0 Å². The van der Waals surface area contributed by atoms with E-state index in [4.69, 9.17) is 11.5 Å². The average molecular weight is 286 g/mol. The van der Waals surface area contributed by atoms with E-state index >= 15 is 0 Å². The highest BCUT2D eigenvalue weighted by Crippen LogP contribution is 2.09. The largest absolute Gasteiger partial charge is 0.404 e. The molecule has 0 radical (unpaired) electrons. The molecule has 6 heteroatoms. The van der Waals surface area contributed by atoms with Crippen LogP contribution in [0.25, 0.3) is 0 Å². The number of aromatic nitrogens is 1. The van der Waals surface area contributed by atoms with Crippen molar-refractivity contribution in [3.8, 4) is 0 Å². The lowest BCUT2D eigenvalue weighted by molar-refractivity contribution is 0.511. The monoisotopic (exact) mass is 286 g/mol. The first-order chi connectivity index (χ1) is 10.2. The van der Waals surface area contributed by atoms with Crippen molar-refractivity contribution in [2.75, 3.05) is 13.1 Å². The predicted octanol–water partition coefficient (Wildman–Crippen LogP) is 0.546. The number of likely N-dealkylation sites (tertiary alicyclic amines) is 1. The molecule has 0 aromatic carbocycles. The molecule has 1 atom stereocenters. The van der Waals surface area contributed by atoms with Gasteiger partial charge in [0.2, 0.25) is 0 Å². The van der Waals surface area contributed by atoms with E-state index in [1.165, 1.54) is 6.20 Å². The molecule has 0 unspecified atom stereocenters. The van der Waals surface area contributed by atoms with Crippen LogP contribution < -0.4 is 16.8 Å². The number of nitrogens with one attached hydrogen (secondary N) is 1. The van der Waals surface area contributed by atoms with Gasteiger partial charge >= 0.3 is 0 Å². The molecule has 0 spiro atoms. The summed E-state index contributed by atoms with van der Waals surface area (Å²) in [6.07, 6.45) is 5.98. The highest BCUT2D eigenvalue weighted by molar-refractivity contribution is 5.93. The van der Waals surface area contributed by atoms with Gasteiger partial charge in [0.05, 0.1) is 12.2 Å². The van der Waals surface area contributed by atoms with Gasteiger partial charge in [0.25, 0.3) is 0 Å². The Balaban J connectivity index is 1.95. The van der Waals surface area contributed by atoms with Gasteiger partial charge in [-0.25, -0.2) is 4.99 Å². The van der Waals surface area contributed by atoms with Crippen LogP contribution in [-0.2, 0) is 6.54 Å². The van der Waals surface area contributed by atoms with Crippen LogP contribution in [0.2, 0.25) is 0 Å². The molecule has 0 saturated carbocycles. The Morgan fingerprint density at radius 1 is 1.57 bits per heavy atom. The van der Waals surface area contributed by atoms with Crippen LogP contribution in [0.5, 0.6) is 0 Å².